The largest absolute Gasteiger partial charge is 0.378 e. The molecule has 104 valence electrons. The number of pyridine rings is 1. The minimum Gasteiger partial charge on any atom is -0.378 e. The smallest absolute Gasteiger partial charge is 0.251 e. The number of rotatable bonds is 5. The Labute approximate surface area is 112 Å². The van der Waals surface area contributed by atoms with E-state index in [1.165, 1.54) is 0 Å². The molecule has 1 saturated heterocycles. The first-order valence-electron chi connectivity index (χ1n) is 6.46. The SMILES string of the molecule is CCOCC(=O)Nc1ccc(N2CCOCC2)cn1. The van der Waals surface area contributed by atoms with Gasteiger partial charge in [-0.05, 0) is 19.1 Å². The molecule has 0 aromatic carbocycles. The number of hydrogen-bond donors (Lipinski definition) is 1. The quantitative estimate of drug-likeness (QED) is 0.856. The van der Waals surface area contributed by atoms with E-state index in [0.29, 0.717) is 12.4 Å². The number of anilines is 2. The van der Waals surface area contributed by atoms with Crippen LogP contribution in [0.5, 0.6) is 0 Å². The minimum absolute atomic E-state index is 0.0589. The molecule has 0 unspecified atom stereocenters. The molecule has 0 atom stereocenters. The molecule has 1 aromatic heterocycles. The van der Waals surface area contributed by atoms with Crippen LogP contribution in [-0.4, -0.2) is 50.4 Å². The Kier molecular flexibility index (Phi) is 5.11. The van der Waals surface area contributed by atoms with Crippen LogP contribution in [0.25, 0.3) is 0 Å². The Bertz CT molecular complexity index is 402. The number of nitrogens with one attached hydrogen (secondary N) is 1. The normalized spacial score (nSPS) is 15.3. The molecular weight excluding hydrogens is 246 g/mol. The lowest BCUT2D eigenvalue weighted by atomic mass is 10.3. The molecule has 19 heavy (non-hydrogen) atoms. The molecule has 2 rings (SSSR count). The molecular formula is C13H19N3O3. The van der Waals surface area contributed by atoms with Gasteiger partial charge in [0, 0.05) is 19.7 Å². The van der Waals surface area contributed by atoms with Crippen molar-refractivity contribution in [2.24, 2.45) is 0 Å². The summed E-state index contributed by atoms with van der Waals surface area (Å²) in [5.74, 6) is 0.357. The number of carbonyl (C=O) groups is 1. The molecule has 6 nitrogen and oxygen atoms in total. The summed E-state index contributed by atoms with van der Waals surface area (Å²) in [6, 6.07) is 3.75. The molecule has 1 amide bonds. The number of hydrogen-bond acceptors (Lipinski definition) is 5. The summed E-state index contributed by atoms with van der Waals surface area (Å²) in [5.41, 5.74) is 1.05. The average Bonchev–Trinajstić information content (AvgIpc) is 2.47. The van der Waals surface area contributed by atoms with Gasteiger partial charge in [-0.15, -0.1) is 0 Å². The lowest BCUT2D eigenvalue weighted by molar-refractivity contribution is -0.120. The number of morpholine rings is 1. The summed E-state index contributed by atoms with van der Waals surface area (Å²) in [4.78, 5) is 17.9. The van der Waals surface area contributed by atoms with Crippen molar-refractivity contribution in [2.45, 2.75) is 6.92 Å². The average molecular weight is 265 g/mol. The first-order chi connectivity index (χ1) is 9.29. The zero-order valence-corrected chi connectivity index (χ0v) is 11.1. The van der Waals surface area contributed by atoms with Crippen LogP contribution in [0.1, 0.15) is 6.92 Å². The Morgan fingerprint density at radius 2 is 2.26 bits per heavy atom. The Balaban J connectivity index is 1.88. The predicted molar refractivity (Wildman–Crippen MR) is 72.4 cm³/mol. The second-order valence-electron chi connectivity index (χ2n) is 4.19. The highest BCUT2D eigenvalue weighted by molar-refractivity contribution is 5.90. The number of carbonyl (C=O) groups excluding carboxylic acids is 1. The van der Waals surface area contributed by atoms with Crippen molar-refractivity contribution in [3.8, 4) is 0 Å². The van der Waals surface area contributed by atoms with Crippen molar-refractivity contribution in [1.82, 2.24) is 4.98 Å². The van der Waals surface area contributed by atoms with E-state index in [2.05, 4.69) is 15.2 Å². The molecule has 1 aliphatic heterocycles. The summed E-state index contributed by atoms with van der Waals surface area (Å²) < 4.78 is 10.3. The molecule has 0 spiro atoms. The van der Waals surface area contributed by atoms with Crippen LogP contribution in [0.4, 0.5) is 11.5 Å². The van der Waals surface area contributed by atoms with Gasteiger partial charge in [0.25, 0.3) is 5.91 Å². The summed E-state index contributed by atoms with van der Waals surface area (Å²) >= 11 is 0. The van der Waals surface area contributed by atoms with Crippen molar-refractivity contribution < 1.29 is 14.3 Å². The zero-order valence-electron chi connectivity index (χ0n) is 11.1. The summed E-state index contributed by atoms with van der Waals surface area (Å²) in [7, 11) is 0. The van der Waals surface area contributed by atoms with Gasteiger partial charge in [-0.25, -0.2) is 4.98 Å². The van der Waals surface area contributed by atoms with E-state index in [4.69, 9.17) is 9.47 Å². The third-order valence-electron chi connectivity index (χ3n) is 2.83. The van der Waals surface area contributed by atoms with Gasteiger partial charge in [0.2, 0.25) is 0 Å². The topological polar surface area (TPSA) is 63.7 Å². The van der Waals surface area contributed by atoms with E-state index in [-0.39, 0.29) is 12.5 Å². The van der Waals surface area contributed by atoms with E-state index in [1.807, 2.05) is 13.0 Å². The van der Waals surface area contributed by atoms with Gasteiger partial charge in [-0.3, -0.25) is 4.79 Å². The van der Waals surface area contributed by atoms with Crippen LogP contribution in [0.2, 0.25) is 0 Å². The van der Waals surface area contributed by atoms with Crippen molar-refractivity contribution in [3.63, 3.8) is 0 Å². The molecule has 0 bridgehead atoms. The maximum Gasteiger partial charge on any atom is 0.251 e. The van der Waals surface area contributed by atoms with Crippen LogP contribution < -0.4 is 10.2 Å². The fourth-order valence-electron chi connectivity index (χ4n) is 1.84. The fraction of sp³-hybridized carbons (Fsp3) is 0.538. The second kappa shape index (κ2) is 7.06. The number of amides is 1. The lowest BCUT2D eigenvalue weighted by Gasteiger charge is -2.28. The highest BCUT2D eigenvalue weighted by atomic mass is 16.5. The van der Waals surface area contributed by atoms with Crippen LogP contribution in [0.3, 0.4) is 0 Å². The molecule has 0 radical (unpaired) electrons. The summed E-state index contributed by atoms with van der Waals surface area (Å²) in [6.07, 6.45) is 1.77. The van der Waals surface area contributed by atoms with E-state index in [1.54, 1.807) is 12.3 Å². The summed E-state index contributed by atoms with van der Waals surface area (Å²) in [5, 5.41) is 2.69. The second-order valence-corrected chi connectivity index (χ2v) is 4.19. The van der Waals surface area contributed by atoms with Gasteiger partial charge in [-0.1, -0.05) is 0 Å². The highest BCUT2D eigenvalue weighted by Crippen LogP contribution is 2.16. The van der Waals surface area contributed by atoms with E-state index in [9.17, 15) is 4.79 Å². The van der Waals surface area contributed by atoms with Gasteiger partial charge < -0.3 is 19.7 Å². The first kappa shape index (κ1) is 13.8. The third-order valence-corrected chi connectivity index (χ3v) is 2.83. The van der Waals surface area contributed by atoms with E-state index in [0.717, 1.165) is 32.0 Å². The molecule has 2 heterocycles. The van der Waals surface area contributed by atoms with Gasteiger partial charge in [0.05, 0.1) is 25.1 Å². The molecule has 1 aromatic rings. The molecule has 1 aliphatic rings. The zero-order chi connectivity index (χ0) is 13.5. The van der Waals surface area contributed by atoms with E-state index >= 15 is 0 Å². The van der Waals surface area contributed by atoms with Gasteiger partial charge in [-0.2, -0.15) is 0 Å². The minimum atomic E-state index is -0.187. The fourth-order valence-corrected chi connectivity index (χ4v) is 1.84. The lowest BCUT2D eigenvalue weighted by Crippen LogP contribution is -2.36. The van der Waals surface area contributed by atoms with Gasteiger partial charge in [0.1, 0.15) is 12.4 Å². The standard InChI is InChI=1S/C13H19N3O3/c1-2-18-10-13(17)15-12-4-3-11(9-14-12)16-5-7-19-8-6-16/h3-4,9H,2,5-8,10H2,1H3,(H,14,15,17). The van der Waals surface area contributed by atoms with Gasteiger partial charge in [0.15, 0.2) is 0 Å². The number of nitrogens with zero attached hydrogens (tertiary/aromatic N) is 2. The first-order valence-corrected chi connectivity index (χ1v) is 6.46. The molecule has 1 fully saturated rings. The molecule has 6 heteroatoms. The predicted octanol–water partition coefficient (Wildman–Crippen LogP) is 0.893. The summed E-state index contributed by atoms with van der Waals surface area (Å²) in [6.45, 7) is 5.66. The van der Waals surface area contributed by atoms with E-state index < -0.39 is 0 Å². The molecule has 0 saturated carbocycles. The third kappa shape index (κ3) is 4.18. The number of aromatic nitrogens is 1. The van der Waals surface area contributed by atoms with Crippen molar-refractivity contribution in [1.29, 1.82) is 0 Å². The van der Waals surface area contributed by atoms with Crippen LogP contribution in [0.15, 0.2) is 18.3 Å². The number of ether oxygens (including phenoxy) is 2. The maximum atomic E-state index is 11.5. The van der Waals surface area contributed by atoms with Crippen molar-refractivity contribution in [2.75, 3.05) is 49.7 Å². The Morgan fingerprint density at radius 1 is 1.47 bits per heavy atom. The molecule has 0 aliphatic carbocycles. The van der Waals surface area contributed by atoms with Crippen LogP contribution in [0, 0.1) is 0 Å². The van der Waals surface area contributed by atoms with Crippen molar-refractivity contribution in [3.05, 3.63) is 18.3 Å². The monoisotopic (exact) mass is 265 g/mol. The Hall–Kier alpha value is -1.66. The van der Waals surface area contributed by atoms with Gasteiger partial charge >= 0.3 is 0 Å². The van der Waals surface area contributed by atoms with Crippen LogP contribution >= 0.6 is 0 Å². The maximum absolute atomic E-state index is 11.5. The molecule has 1 N–H and O–H groups in total. The van der Waals surface area contributed by atoms with Crippen LogP contribution in [-0.2, 0) is 14.3 Å². The Morgan fingerprint density at radius 3 is 2.89 bits per heavy atom. The highest BCUT2D eigenvalue weighted by Gasteiger charge is 2.11. The van der Waals surface area contributed by atoms with Crippen molar-refractivity contribution >= 4 is 17.4 Å².